The number of carbonyl (C=O) groups excluding carboxylic acids is 2. The Labute approximate surface area is 158 Å². The van der Waals surface area contributed by atoms with Crippen LogP contribution < -0.4 is 20.3 Å². The first kappa shape index (κ1) is 19.1. The van der Waals surface area contributed by atoms with Crippen LogP contribution in [0.25, 0.3) is 0 Å². The molecule has 0 bridgehead atoms. The van der Waals surface area contributed by atoms with E-state index >= 15 is 0 Å². The molecule has 0 aromatic heterocycles. The monoisotopic (exact) mass is 426 g/mol. The summed E-state index contributed by atoms with van der Waals surface area (Å²) in [5.74, 6) is 0.202. The molecule has 0 aliphatic heterocycles. The van der Waals surface area contributed by atoms with Gasteiger partial charge in [0.1, 0.15) is 11.5 Å². The van der Waals surface area contributed by atoms with Gasteiger partial charge in [-0.05, 0) is 65.3 Å². The standard InChI is InChI=1S/C17H16BrClN2O4/c1-2-24-13-6-3-11(4-7-13)17(23)21-20-16(22)10-25-15-8-5-12(19)9-14(15)18/h3-9H,2,10H2,1H3,(H,20,22)(H,21,23). The first-order valence-corrected chi connectivity index (χ1v) is 8.56. The molecule has 2 aromatic carbocycles. The predicted molar refractivity (Wildman–Crippen MR) is 97.9 cm³/mol. The predicted octanol–water partition coefficient (Wildman–Crippen LogP) is 3.34. The molecule has 0 aliphatic carbocycles. The minimum absolute atomic E-state index is 0.260. The van der Waals surface area contributed by atoms with Gasteiger partial charge >= 0.3 is 0 Å². The van der Waals surface area contributed by atoms with Crippen LogP contribution in [0.15, 0.2) is 46.9 Å². The van der Waals surface area contributed by atoms with Crippen molar-refractivity contribution in [3.63, 3.8) is 0 Å². The van der Waals surface area contributed by atoms with Crippen LogP contribution in [0.1, 0.15) is 17.3 Å². The van der Waals surface area contributed by atoms with Crippen molar-refractivity contribution in [3.8, 4) is 11.5 Å². The SMILES string of the molecule is CCOc1ccc(C(=O)NNC(=O)COc2ccc(Cl)cc2Br)cc1. The van der Waals surface area contributed by atoms with E-state index in [0.29, 0.717) is 33.2 Å². The average molecular weight is 428 g/mol. The number of carbonyl (C=O) groups is 2. The summed E-state index contributed by atoms with van der Waals surface area (Å²) in [6, 6.07) is 11.5. The van der Waals surface area contributed by atoms with Crippen molar-refractivity contribution in [2.24, 2.45) is 0 Å². The molecule has 0 fully saturated rings. The van der Waals surface area contributed by atoms with Gasteiger partial charge in [0.2, 0.25) is 0 Å². The van der Waals surface area contributed by atoms with E-state index in [4.69, 9.17) is 21.1 Å². The Morgan fingerprint density at radius 1 is 1.08 bits per heavy atom. The number of amides is 2. The Morgan fingerprint density at radius 2 is 1.80 bits per heavy atom. The van der Waals surface area contributed by atoms with E-state index in [0.717, 1.165) is 0 Å². The summed E-state index contributed by atoms with van der Waals surface area (Å²) >= 11 is 9.12. The molecule has 0 radical (unpaired) electrons. The number of nitrogens with one attached hydrogen (secondary N) is 2. The Bertz CT molecular complexity index is 753. The molecule has 0 atom stereocenters. The van der Waals surface area contributed by atoms with E-state index in [1.54, 1.807) is 42.5 Å². The fourth-order valence-electron chi connectivity index (χ4n) is 1.84. The minimum atomic E-state index is -0.499. The average Bonchev–Trinajstić information content (AvgIpc) is 2.60. The van der Waals surface area contributed by atoms with Gasteiger partial charge in [-0.2, -0.15) is 0 Å². The highest BCUT2D eigenvalue weighted by atomic mass is 79.9. The van der Waals surface area contributed by atoms with Crippen LogP contribution >= 0.6 is 27.5 Å². The summed E-state index contributed by atoms with van der Waals surface area (Å²) in [6.45, 7) is 2.16. The van der Waals surface area contributed by atoms with Crippen LogP contribution in [0.4, 0.5) is 0 Å². The highest BCUT2D eigenvalue weighted by Gasteiger charge is 2.09. The van der Waals surface area contributed by atoms with Gasteiger partial charge < -0.3 is 9.47 Å². The maximum Gasteiger partial charge on any atom is 0.276 e. The Kier molecular flexibility index (Phi) is 7.09. The molecule has 2 N–H and O–H groups in total. The third kappa shape index (κ3) is 5.95. The fourth-order valence-corrected chi connectivity index (χ4v) is 2.64. The van der Waals surface area contributed by atoms with Gasteiger partial charge in [0, 0.05) is 10.6 Å². The number of hydrogen-bond acceptors (Lipinski definition) is 4. The van der Waals surface area contributed by atoms with Gasteiger partial charge in [0.25, 0.3) is 11.8 Å². The van der Waals surface area contributed by atoms with Crippen LogP contribution in [-0.2, 0) is 4.79 Å². The van der Waals surface area contributed by atoms with Crippen molar-refractivity contribution >= 4 is 39.3 Å². The van der Waals surface area contributed by atoms with Crippen molar-refractivity contribution in [1.82, 2.24) is 10.9 Å². The molecule has 8 heteroatoms. The zero-order valence-electron chi connectivity index (χ0n) is 13.3. The summed E-state index contributed by atoms with van der Waals surface area (Å²) in [7, 11) is 0. The lowest BCUT2D eigenvalue weighted by molar-refractivity contribution is -0.123. The summed E-state index contributed by atoms with van der Waals surface area (Å²) in [4.78, 5) is 23.7. The topological polar surface area (TPSA) is 76.7 Å². The smallest absolute Gasteiger partial charge is 0.276 e. The zero-order valence-corrected chi connectivity index (χ0v) is 15.7. The second-order valence-corrected chi connectivity index (χ2v) is 6.11. The van der Waals surface area contributed by atoms with Gasteiger partial charge in [-0.25, -0.2) is 0 Å². The number of hydrazine groups is 1. The molecule has 0 saturated heterocycles. The van der Waals surface area contributed by atoms with Gasteiger partial charge in [-0.1, -0.05) is 11.6 Å². The third-order valence-corrected chi connectivity index (χ3v) is 3.85. The molecule has 0 spiro atoms. The molecule has 0 aliphatic rings. The first-order valence-electron chi connectivity index (χ1n) is 7.39. The number of hydrogen-bond donors (Lipinski definition) is 2. The number of rotatable bonds is 6. The maximum absolute atomic E-state index is 12.0. The molecular formula is C17H16BrClN2O4. The van der Waals surface area contributed by atoms with Crippen LogP contribution in [0, 0.1) is 0 Å². The molecule has 132 valence electrons. The van der Waals surface area contributed by atoms with Crippen molar-refractivity contribution in [1.29, 1.82) is 0 Å². The van der Waals surface area contributed by atoms with Crippen molar-refractivity contribution in [3.05, 3.63) is 57.5 Å². The number of halogens is 2. The largest absolute Gasteiger partial charge is 0.494 e. The van der Waals surface area contributed by atoms with Gasteiger partial charge in [0.05, 0.1) is 11.1 Å². The van der Waals surface area contributed by atoms with Crippen LogP contribution in [0.3, 0.4) is 0 Å². The van der Waals surface area contributed by atoms with E-state index in [2.05, 4.69) is 26.8 Å². The van der Waals surface area contributed by atoms with E-state index < -0.39 is 11.8 Å². The third-order valence-electron chi connectivity index (χ3n) is 3.00. The fraction of sp³-hybridized carbons (Fsp3) is 0.176. The Morgan fingerprint density at radius 3 is 2.44 bits per heavy atom. The van der Waals surface area contributed by atoms with E-state index in [1.165, 1.54) is 0 Å². The summed E-state index contributed by atoms with van der Waals surface area (Å²) in [6.07, 6.45) is 0. The highest BCUT2D eigenvalue weighted by molar-refractivity contribution is 9.10. The summed E-state index contributed by atoms with van der Waals surface area (Å²) in [5, 5.41) is 0.547. The quantitative estimate of drug-likeness (QED) is 0.693. The first-order chi connectivity index (χ1) is 12.0. The highest BCUT2D eigenvalue weighted by Crippen LogP contribution is 2.27. The molecule has 6 nitrogen and oxygen atoms in total. The second-order valence-electron chi connectivity index (χ2n) is 4.82. The molecule has 25 heavy (non-hydrogen) atoms. The van der Waals surface area contributed by atoms with Crippen molar-refractivity contribution in [2.45, 2.75) is 6.92 Å². The van der Waals surface area contributed by atoms with Crippen LogP contribution in [-0.4, -0.2) is 25.0 Å². The van der Waals surface area contributed by atoms with Crippen molar-refractivity contribution in [2.75, 3.05) is 13.2 Å². The molecule has 0 saturated carbocycles. The summed E-state index contributed by atoms with van der Waals surface area (Å²) in [5.41, 5.74) is 5.00. The lowest BCUT2D eigenvalue weighted by Crippen LogP contribution is -2.43. The molecule has 2 amide bonds. The lowest BCUT2D eigenvalue weighted by atomic mass is 10.2. The van der Waals surface area contributed by atoms with Crippen LogP contribution in [0.2, 0.25) is 5.02 Å². The maximum atomic E-state index is 12.0. The normalized spacial score (nSPS) is 10.0. The Hall–Kier alpha value is -2.25. The molecule has 2 rings (SSSR count). The van der Waals surface area contributed by atoms with Crippen molar-refractivity contribution < 1.29 is 19.1 Å². The number of ether oxygens (including phenoxy) is 2. The van der Waals surface area contributed by atoms with Gasteiger partial charge in [-0.3, -0.25) is 20.4 Å². The Balaban J connectivity index is 1.79. The van der Waals surface area contributed by atoms with Gasteiger partial charge in [-0.15, -0.1) is 0 Å². The lowest BCUT2D eigenvalue weighted by Gasteiger charge is -2.10. The van der Waals surface area contributed by atoms with E-state index in [-0.39, 0.29) is 6.61 Å². The molecule has 0 heterocycles. The van der Waals surface area contributed by atoms with E-state index in [9.17, 15) is 9.59 Å². The van der Waals surface area contributed by atoms with Crippen LogP contribution in [0.5, 0.6) is 11.5 Å². The molecule has 2 aromatic rings. The van der Waals surface area contributed by atoms with E-state index in [1.807, 2.05) is 6.92 Å². The molecular weight excluding hydrogens is 412 g/mol. The minimum Gasteiger partial charge on any atom is -0.494 e. The zero-order chi connectivity index (χ0) is 18.2. The summed E-state index contributed by atoms with van der Waals surface area (Å²) < 4.78 is 11.3. The van der Waals surface area contributed by atoms with Gasteiger partial charge in [0.15, 0.2) is 6.61 Å². The number of benzene rings is 2. The molecule has 0 unspecified atom stereocenters. The second kappa shape index (κ2) is 9.29.